The molecule has 6 heteroatoms. The minimum Gasteiger partial charge on any atom is -0.366 e. The summed E-state index contributed by atoms with van der Waals surface area (Å²) in [6.45, 7) is 0.664. The van der Waals surface area contributed by atoms with Gasteiger partial charge in [0, 0.05) is 48.5 Å². The Morgan fingerprint density at radius 1 is 1.04 bits per heavy atom. The molecule has 23 heavy (non-hydrogen) atoms. The minimum atomic E-state index is 0.664. The van der Waals surface area contributed by atoms with Crippen molar-refractivity contribution >= 4 is 16.9 Å². The van der Waals surface area contributed by atoms with Crippen molar-refractivity contribution in [1.29, 1.82) is 0 Å². The molecule has 0 aromatic carbocycles. The van der Waals surface area contributed by atoms with Crippen LogP contribution in [0.4, 0.5) is 5.82 Å². The highest BCUT2D eigenvalue weighted by Crippen LogP contribution is 2.28. The largest absolute Gasteiger partial charge is 0.366 e. The van der Waals surface area contributed by atoms with Crippen LogP contribution < -0.4 is 5.32 Å². The van der Waals surface area contributed by atoms with E-state index < -0.39 is 0 Å². The van der Waals surface area contributed by atoms with Crippen LogP contribution in [0.25, 0.3) is 22.2 Å². The Balaban J connectivity index is 1.71. The van der Waals surface area contributed by atoms with Crippen LogP contribution in [0.1, 0.15) is 5.56 Å². The lowest BCUT2D eigenvalue weighted by Crippen LogP contribution is -2.02. The predicted molar refractivity (Wildman–Crippen MR) is 88.7 cm³/mol. The first kappa shape index (κ1) is 13.4. The van der Waals surface area contributed by atoms with Crippen molar-refractivity contribution in [1.82, 2.24) is 24.9 Å². The number of nitrogens with zero attached hydrogens (tertiary/aromatic N) is 4. The zero-order valence-corrected chi connectivity index (χ0v) is 12.3. The van der Waals surface area contributed by atoms with E-state index in [1.807, 2.05) is 36.7 Å². The lowest BCUT2D eigenvalue weighted by molar-refractivity contribution is 1.09. The van der Waals surface area contributed by atoms with Gasteiger partial charge in [-0.1, -0.05) is 6.07 Å². The van der Waals surface area contributed by atoms with Gasteiger partial charge in [0.05, 0.1) is 0 Å². The fourth-order valence-electron chi connectivity index (χ4n) is 2.50. The Hall–Kier alpha value is -3.28. The second-order valence-corrected chi connectivity index (χ2v) is 5.14. The summed E-state index contributed by atoms with van der Waals surface area (Å²) in [7, 11) is 0. The van der Waals surface area contributed by atoms with E-state index in [-0.39, 0.29) is 0 Å². The van der Waals surface area contributed by atoms with Crippen molar-refractivity contribution in [3.8, 4) is 11.1 Å². The lowest BCUT2D eigenvalue weighted by atomic mass is 10.1. The highest BCUT2D eigenvalue weighted by atomic mass is 15.0. The molecule has 4 aromatic rings. The molecule has 0 amide bonds. The number of nitrogens with one attached hydrogen (secondary N) is 2. The van der Waals surface area contributed by atoms with E-state index in [0.717, 1.165) is 33.5 Å². The quantitative estimate of drug-likeness (QED) is 0.606. The van der Waals surface area contributed by atoms with Gasteiger partial charge in [0.25, 0.3) is 0 Å². The molecule has 0 atom stereocenters. The van der Waals surface area contributed by atoms with Crippen molar-refractivity contribution in [3.05, 3.63) is 67.1 Å². The van der Waals surface area contributed by atoms with Gasteiger partial charge in [-0.3, -0.25) is 4.98 Å². The van der Waals surface area contributed by atoms with Crippen LogP contribution in [0.3, 0.4) is 0 Å². The van der Waals surface area contributed by atoms with E-state index in [0.29, 0.717) is 6.54 Å². The molecule has 0 aliphatic carbocycles. The summed E-state index contributed by atoms with van der Waals surface area (Å²) in [5.41, 5.74) is 3.94. The standard InChI is InChI=1S/C17H14N6/c1-2-12(7-18-4-1)8-22-16-6-15(13-9-19-11-20-10-13)14-3-5-21-17(14)23-16/h1-7,9-11H,8H2,(H2,21,22,23). The average molecular weight is 302 g/mol. The highest BCUT2D eigenvalue weighted by Gasteiger charge is 2.09. The van der Waals surface area contributed by atoms with E-state index >= 15 is 0 Å². The fourth-order valence-corrected chi connectivity index (χ4v) is 2.50. The molecule has 0 aliphatic heterocycles. The van der Waals surface area contributed by atoms with E-state index in [4.69, 9.17) is 0 Å². The normalized spacial score (nSPS) is 10.8. The van der Waals surface area contributed by atoms with Gasteiger partial charge >= 0.3 is 0 Å². The number of fused-ring (bicyclic) bond motifs is 1. The van der Waals surface area contributed by atoms with E-state index in [1.54, 1.807) is 18.6 Å². The van der Waals surface area contributed by atoms with E-state index in [2.05, 4.69) is 30.2 Å². The lowest BCUT2D eigenvalue weighted by Gasteiger charge is -2.09. The number of H-pyrrole nitrogens is 1. The summed E-state index contributed by atoms with van der Waals surface area (Å²) in [5.74, 6) is 0.794. The van der Waals surface area contributed by atoms with Crippen LogP contribution in [0, 0.1) is 0 Å². The molecule has 0 aliphatic rings. The first-order chi connectivity index (χ1) is 11.4. The minimum absolute atomic E-state index is 0.664. The number of hydrogen-bond acceptors (Lipinski definition) is 5. The van der Waals surface area contributed by atoms with Crippen LogP contribution in [0.5, 0.6) is 0 Å². The van der Waals surface area contributed by atoms with Gasteiger partial charge in [-0.05, 0) is 29.3 Å². The predicted octanol–water partition coefficient (Wildman–Crippen LogP) is 3.03. The average Bonchev–Trinajstić information content (AvgIpc) is 3.09. The number of aromatic nitrogens is 5. The van der Waals surface area contributed by atoms with Gasteiger partial charge < -0.3 is 10.3 Å². The van der Waals surface area contributed by atoms with Gasteiger partial charge in [0.1, 0.15) is 17.8 Å². The summed E-state index contributed by atoms with van der Waals surface area (Å²) in [4.78, 5) is 20.1. The first-order valence-corrected chi connectivity index (χ1v) is 7.26. The number of hydrogen-bond donors (Lipinski definition) is 2. The van der Waals surface area contributed by atoms with Crippen LogP contribution in [0.2, 0.25) is 0 Å². The molecule has 0 radical (unpaired) electrons. The third-order valence-electron chi connectivity index (χ3n) is 3.60. The van der Waals surface area contributed by atoms with Crippen LogP contribution in [-0.4, -0.2) is 24.9 Å². The summed E-state index contributed by atoms with van der Waals surface area (Å²) in [6.07, 6.45) is 10.6. The SMILES string of the molecule is c1cncc(CNc2cc(-c3cncnc3)c3cc[nH]c3n2)c1. The third-order valence-corrected chi connectivity index (χ3v) is 3.60. The third kappa shape index (κ3) is 2.74. The summed E-state index contributed by atoms with van der Waals surface area (Å²) in [6, 6.07) is 7.98. The van der Waals surface area contributed by atoms with Crippen molar-refractivity contribution in [2.24, 2.45) is 0 Å². The molecule has 0 saturated carbocycles. The summed E-state index contributed by atoms with van der Waals surface area (Å²) < 4.78 is 0. The molecule has 0 bridgehead atoms. The molecule has 0 saturated heterocycles. The maximum Gasteiger partial charge on any atom is 0.140 e. The monoisotopic (exact) mass is 302 g/mol. The molecule has 6 nitrogen and oxygen atoms in total. The van der Waals surface area contributed by atoms with Crippen molar-refractivity contribution < 1.29 is 0 Å². The zero-order valence-electron chi connectivity index (χ0n) is 12.3. The summed E-state index contributed by atoms with van der Waals surface area (Å²) >= 11 is 0. The molecular weight excluding hydrogens is 288 g/mol. The van der Waals surface area contributed by atoms with Crippen LogP contribution >= 0.6 is 0 Å². The summed E-state index contributed by atoms with van der Waals surface area (Å²) in [5, 5.41) is 4.39. The molecule has 4 aromatic heterocycles. The number of anilines is 1. The van der Waals surface area contributed by atoms with Crippen molar-refractivity contribution in [2.75, 3.05) is 5.32 Å². The zero-order chi connectivity index (χ0) is 15.5. The van der Waals surface area contributed by atoms with Gasteiger partial charge in [0.2, 0.25) is 0 Å². The second kappa shape index (κ2) is 5.84. The van der Waals surface area contributed by atoms with Crippen LogP contribution in [-0.2, 0) is 6.54 Å². The molecule has 0 unspecified atom stereocenters. The molecular formula is C17H14N6. The molecule has 2 N–H and O–H groups in total. The molecule has 0 fully saturated rings. The Labute approximate surface area is 132 Å². The maximum atomic E-state index is 4.61. The molecule has 4 rings (SSSR count). The first-order valence-electron chi connectivity index (χ1n) is 7.26. The fraction of sp³-hybridized carbons (Fsp3) is 0.0588. The second-order valence-electron chi connectivity index (χ2n) is 5.14. The Bertz CT molecular complexity index is 918. The van der Waals surface area contributed by atoms with Gasteiger partial charge in [-0.15, -0.1) is 0 Å². The number of pyridine rings is 2. The molecule has 4 heterocycles. The van der Waals surface area contributed by atoms with Gasteiger partial charge in [-0.2, -0.15) is 0 Å². The Morgan fingerprint density at radius 3 is 2.78 bits per heavy atom. The van der Waals surface area contributed by atoms with Gasteiger partial charge in [-0.25, -0.2) is 15.0 Å². The smallest absolute Gasteiger partial charge is 0.140 e. The van der Waals surface area contributed by atoms with Crippen LogP contribution in [0.15, 0.2) is 61.6 Å². The number of aromatic amines is 1. The Morgan fingerprint density at radius 2 is 1.96 bits per heavy atom. The Kier molecular flexibility index (Phi) is 3.40. The van der Waals surface area contributed by atoms with Gasteiger partial charge in [0.15, 0.2) is 0 Å². The van der Waals surface area contributed by atoms with E-state index in [9.17, 15) is 0 Å². The van der Waals surface area contributed by atoms with Crippen molar-refractivity contribution in [3.63, 3.8) is 0 Å². The topological polar surface area (TPSA) is 79.4 Å². The van der Waals surface area contributed by atoms with Crippen molar-refractivity contribution in [2.45, 2.75) is 6.54 Å². The maximum absolute atomic E-state index is 4.61. The molecule has 0 spiro atoms. The number of rotatable bonds is 4. The highest BCUT2D eigenvalue weighted by molar-refractivity contribution is 5.94. The molecule has 112 valence electrons. The van der Waals surface area contributed by atoms with E-state index in [1.165, 1.54) is 6.33 Å².